The van der Waals surface area contributed by atoms with Crippen molar-refractivity contribution < 1.29 is 14.3 Å². The van der Waals surface area contributed by atoms with Gasteiger partial charge in [-0.15, -0.1) is 0 Å². The van der Waals surface area contributed by atoms with Crippen molar-refractivity contribution in [2.24, 2.45) is 5.92 Å². The fraction of sp³-hybridized carbons (Fsp3) is 0.900. The first-order valence-corrected chi connectivity index (χ1v) is 10.5. The van der Waals surface area contributed by atoms with Crippen LogP contribution in [0.5, 0.6) is 0 Å². The topological polar surface area (TPSA) is 53.1 Å². The number of nitrogens with zero attached hydrogens (tertiary/aromatic N) is 3. The zero-order chi connectivity index (χ0) is 18.4. The molecule has 0 aromatic carbocycles. The lowest BCUT2D eigenvalue weighted by Crippen LogP contribution is -2.47. The van der Waals surface area contributed by atoms with Crippen molar-refractivity contribution in [1.82, 2.24) is 14.7 Å². The zero-order valence-corrected chi connectivity index (χ0v) is 16.3. The maximum atomic E-state index is 12.7. The third kappa shape index (κ3) is 5.43. The van der Waals surface area contributed by atoms with Crippen LogP contribution in [-0.4, -0.2) is 85.0 Å². The number of carbonyl (C=O) groups excluding carboxylic acids is 2. The summed E-state index contributed by atoms with van der Waals surface area (Å²) in [6, 6.07) is 0.184. The molecule has 0 radical (unpaired) electrons. The number of likely N-dealkylation sites (tertiary alicyclic amines) is 1. The smallest absolute Gasteiger partial charge is 0.222 e. The van der Waals surface area contributed by atoms with Crippen molar-refractivity contribution in [2.45, 2.75) is 57.9 Å². The molecule has 0 spiro atoms. The van der Waals surface area contributed by atoms with Gasteiger partial charge in [-0.25, -0.2) is 0 Å². The number of rotatable bonds is 6. The van der Waals surface area contributed by atoms with Crippen LogP contribution >= 0.6 is 0 Å². The van der Waals surface area contributed by atoms with Gasteiger partial charge in [-0.2, -0.15) is 0 Å². The third-order valence-electron chi connectivity index (χ3n) is 6.31. The largest absolute Gasteiger partial charge is 0.379 e. The minimum Gasteiger partial charge on any atom is -0.379 e. The molecule has 1 atom stereocenters. The summed E-state index contributed by atoms with van der Waals surface area (Å²) in [6.07, 6.45) is 7.93. The predicted molar refractivity (Wildman–Crippen MR) is 101 cm³/mol. The van der Waals surface area contributed by atoms with Gasteiger partial charge >= 0.3 is 0 Å². The Balaban J connectivity index is 1.46. The van der Waals surface area contributed by atoms with E-state index in [9.17, 15) is 9.59 Å². The average molecular weight is 366 g/mol. The maximum Gasteiger partial charge on any atom is 0.222 e. The van der Waals surface area contributed by atoms with Crippen molar-refractivity contribution in [3.05, 3.63) is 0 Å². The first-order valence-electron chi connectivity index (χ1n) is 10.5. The molecule has 2 amide bonds. The van der Waals surface area contributed by atoms with Crippen LogP contribution in [0.15, 0.2) is 0 Å². The van der Waals surface area contributed by atoms with Crippen LogP contribution < -0.4 is 0 Å². The molecule has 1 aliphatic carbocycles. The van der Waals surface area contributed by atoms with E-state index in [1.807, 2.05) is 9.80 Å². The van der Waals surface area contributed by atoms with Gasteiger partial charge in [-0.05, 0) is 25.2 Å². The van der Waals surface area contributed by atoms with E-state index in [0.717, 1.165) is 52.4 Å². The highest BCUT2D eigenvalue weighted by Crippen LogP contribution is 2.28. The molecular weight excluding hydrogens is 330 g/mol. The normalized spacial score (nSPS) is 25.4. The van der Waals surface area contributed by atoms with E-state index in [1.54, 1.807) is 6.92 Å². The van der Waals surface area contributed by atoms with E-state index in [2.05, 4.69) is 4.90 Å². The van der Waals surface area contributed by atoms with Gasteiger partial charge < -0.3 is 14.5 Å². The molecule has 1 unspecified atom stereocenters. The van der Waals surface area contributed by atoms with Crippen LogP contribution in [0.4, 0.5) is 0 Å². The summed E-state index contributed by atoms with van der Waals surface area (Å²) in [5.74, 6) is 1.02. The van der Waals surface area contributed by atoms with Crippen LogP contribution in [0.2, 0.25) is 0 Å². The molecule has 148 valence electrons. The molecule has 0 bridgehead atoms. The lowest BCUT2D eigenvalue weighted by atomic mass is 9.87. The van der Waals surface area contributed by atoms with Gasteiger partial charge in [0.2, 0.25) is 11.8 Å². The third-order valence-corrected chi connectivity index (χ3v) is 6.31. The van der Waals surface area contributed by atoms with Crippen LogP contribution in [0.1, 0.15) is 51.9 Å². The van der Waals surface area contributed by atoms with E-state index in [0.29, 0.717) is 24.8 Å². The molecule has 0 N–H and O–H groups in total. The summed E-state index contributed by atoms with van der Waals surface area (Å²) < 4.78 is 5.39. The highest BCUT2D eigenvalue weighted by atomic mass is 16.5. The van der Waals surface area contributed by atoms with Crippen molar-refractivity contribution in [1.29, 1.82) is 0 Å². The summed E-state index contributed by atoms with van der Waals surface area (Å²) in [6.45, 7) is 8.29. The molecular formula is C20H35N3O3. The van der Waals surface area contributed by atoms with Crippen LogP contribution in [0.25, 0.3) is 0 Å². The summed E-state index contributed by atoms with van der Waals surface area (Å²) in [5.41, 5.74) is 0. The number of amides is 2. The monoisotopic (exact) mass is 365 g/mol. The van der Waals surface area contributed by atoms with Gasteiger partial charge in [0.25, 0.3) is 0 Å². The predicted octanol–water partition coefficient (Wildman–Crippen LogP) is 1.74. The van der Waals surface area contributed by atoms with E-state index < -0.39 is 0 Å². The summed E-state index contributed by atoms with van der Waals surface area (Å²) in [5, 5.41) is 0. The van der Waals surface area contributed by atoms with E-state index in [1.165, 1.54) is 32.1 Å². The Bertz CT molecular complexity index is 473. The Morgan fingerprint density at radius 2 is 1.77 bits per heavy atom. The summed E-state index contributed by atoms with van der Waals surface area (Å²) >= 11 is 0. The fourth-order valence-electron chi connectivity index (χ4n) is 4.66. The summed E-state index contributed by atoms with van der Waals surface area (Å²) in [4.78, 5) is 31.2. The Morgan fingerprint density at radius 1 is 1.04 bits per heavy atom. The second-order valence-electron chi connectivity index (χ2n) is 8.16. The van der Waals surface area contributed by atoms with Gasteiger partial charge in [0, 0.05) is 52.6 Å². The van der Waals surface area contributed by atoms with E-state index in [4.69, 9.17) is 4.74 Å². The van der Waals surface area contributed by atoms with Crippen molar-refractivity contribution in [3.8, 4) is 0 Å². The molecule has 3 aliphatic rings. The molecule has 3 fully saturated rings. The van der Waals surface area contributed by atoms with Gasteiger partial charge in [0.1, 0.15) is 0 Å². The Labute approximate surface area is 157 Å². The summed E-state index contributed by atoms with van der Waals surface area (Å²) in [7, 11) is 0. The van der Waals surface area contributed by atoms with Gasteiger partial charge in [0.15, 0.2) is 0 Å². The molecule has 3 rings (SSSR count). The number of carbonyl (C=O) groups is 2. The SMILES string of the molecule is CC(=O)N(CCN1CCOCC1)C1CCN(C(=O)CC2CCCCC2)C1. The molecule has 26 heavy (non-hydrogen) atoms. The molecule has 0 aromatic rings. The van der Waals surface area contributed by atoms with Gasteiger partial charge in [0.05, 0.1) is 19.3 Å². The number of morpholine rings is 1. The standard InChI is InChI=1S/C20H35N3O3/c1-17(24)23(10-9-21-11-13-26-14-12-21)19-7-8-22(16-19)20(25)15-18-5-3-2-4-6-18/h18-19H,2-16H2,1H3. The highest BCUT2D eigenvalue weighted by molar-refractivity contribution is 5.77. The molecule has 2 aliphatic heterocycles. The first kappa shape index (κ1) is 19.6. The molecule has 1 saturated carbocycles. The lowest BCUT2D eigenvalue weighted by Gasteiger charge is -2.32. The minimum absolute atomic E-state index is 0.129. The Hall–Kier alpha value is -1.14. The maximum absolute atomic E-state index is 12.7. The Kier molecular flexibility index (Phi) is 7.32. The van der Waals surface area contributed by atoms with Crippen molar-refractivity contribution in [3.63, 3.8) is 0 Å². The van der Waals surface area contributed by atoms with Gasteiger partial charge in [-0.3, -0.25) is 14.5 Å². The lowest BCUT2D eigenvalue weighted by molar-refractivity contribution is -0.134. The number of ether oxygens (including phenoxy) is 1. The minimum atomic E-state index is 0.129. The molecule has 2 heterocycles. The van der Waals surface area contributed by atoms with Crippen molar-refractivity contribution in [2.75, 3.05) is 52.5 Å². The second-order valence-corrected chi connectivity index (χ2v) is 8.16. The highest BCUT2D eigenvalue weighted by Gasteiger charge is 2.32. The van der Waals surface area contributed by atoms with Crippen LogP contribution in [-0.2, 0) is 14.3 Å². The van der Waals surface area contributed by atoms with Crippen molar-refractivity contribution >= 4 is 11.8 Å². The average Bonchev–Trinajstić information content (AvgIpc) is 3.13. The number of hydrogen-bond donors (Lipinski definition) is 0. The number of hydrogen-bond acceptors (Lipinski definition) is 4. The van der Waals surface area contributed by atoms with Crippen LogP contribution in [0.3, 0.4) is 0 Å². The van der Waals surface area contributed by atoms with Crippen LogP contribution in [0, 0.1) is 5.92 Å². The Morgan fingerprint density at radius 3 is 2.46 bits per heavy atom. The second kappa shape index (κ2) is 9.70. The van der Waals surface area contributed by atoms with Gasteiger partial charge in [-0.1, -0.05) is 19.3 Å². The molecule has 2 saturated heterocycles. The quantitative estimate of drug-likeness (QED) is 0.719. The van der Waals surface area contributed by atoms with E-state index in [-0.39, 0.29) is 11.9 Å². The zero-order valence-electron chi connectivity index (χ0n) is 16.3. The first-order chi connectivity index (χ1) is 12.6. The molecule has 0 aromatic heterocycles. The molecule has 6 nitrogen and oxygen atoms in total. The van der Waals surface area contributed by atoms with E-state index >= 15 is 0 Å². The molecule has 6 heteroatoms. The fourth-order valence-corrected chi connectivity index (χ4v) is 4.66.